The van der Waals surface area contributed by atoms with Crippen LogP contribution in [0, 0.1) is 17.6 Å². The zero-order chi connectivity index (χ0) is 21.3. The molecule has 0 aliphatic carbocycles. The van der Waals surface area contributed by atoms with E-state index in [2.05, 4.69) is 5.32 Å². The van der Waals surface area contributed by atoms with Gasteiger partial charge in [0.05, 0.1) is 16.5 Å². The minimum atomic E-state index is -3.79. The summed E-state index contributed by atoms with van der Waals surface area (Å²) in [5.41, 5.74) is -0.255. The van der Waals surface area contributed by atoms with Gasteiger partial charge in [-0.1, -0.05) is 30.3 Å². The summed E-state index contributed by atoms with van der Waals surface area (Å²) in [5.74, 6) is -2.60. The highest BCUT2D eigenvalue weighted by Crippen LogP contribution is 2.27. The summed E-state index contributed by atoms with van der Waals surface area (Å²) in [7, 11) is -3.79. The van der Waals surface area contributed by atoms with Crippen LogP contribution >= 0.6 is 0 Å². The van der Waals surface area contributed by atoms with Crippen molar-refractivity contribution in [2.45, 2.75) is 17.7 Å². The Hall–Kier alpha value is -2.84. The Morgan fingerprint density at radius 2 is 1.77 bits per heavy atom. The molecule has 0 radical (unpaired) electrons. The molecule has 0 spiro atoms. The molecular formula is C22H20F2N2O3S. The first-order chi connectivity index (χ1) is 14.3. The van der Waals surface area contributed by atoms with Gasteiger partial charge in [0.2, 0.25) is 15.9 Å². The van der Waals surface area contributed by atoms with Gasteiger partial charge in [-0.2, -0.15) is 4.31 Å². The summed E-state index contributed by atoms with van der Waals surface area (Å²) in [6, 6.07) is 15.2. The van der Waals surface area contributed by atoms with Crippen molar-refractivity contribution in [1.82, 2.24) is 4.31 Å². The molecule has 0 saturated carbocycles. The van der Waals surface area contributed by atoms with E-state index in [0.717, 1.165) is 29.0 Å². The number of hydrogen-bond donors (Lipinski definition) is 1. The van der Waals surface area contributed by atoms with Crippen LogP contribution in [0.1, 0.15) is 12.8 Å². The predicted octanol–water partition coefficient (Wildman–Crippen LogP) is 4.16. The van der Waals surface area contributed by atoms with E-state index in [4.69, 9.17) is 0 Å². The molecule has 0 aromatic heterocycles. The zero-order valence-electron chi connectivity index (χ0n) is 16.0. The number of nitrogens with zero attached hydrogens (tertiary/aromatic N) is 1. The van der Waals surface area contributed by atoms with Gasteiger partial charge in [-0.05, 0) is 47.9 Å². The first-order valence-corrected chi connectivity index (χ1v) is 11.0. The van der Waals surface area contributed by atoms with Gasteiger partial charge in [0.1, 0.15) is 11.6 Å². The largest absolute Gasteiger partial charge is 0.323 e. The summed E-state index contributed by atoms with van der Waals surface area (Å²) < 4.78 is 54.7. The Morgan fingerprint density at radius 3 is 2.57 bits per heavy atom. The number of benzene rings is 3. The highest BCUT2D eigenvalue weighted by molar-refractivity contribution is 7.89. The fraction of sp³-hybridized carbons (Fsp3) is 0.227. The smallest absolute Gasteiger partial charge is 0.243 e. The average Bonchev–Trinajstić information content (AvgIpc) is 2.76. The minimum absolute atomic E-state index is 0.0159. The van der Waals surface area contributed by atoms with Crippen LogP contribution in [0.3, 0.4) is 0 Å². The number of amides is 1. The Balaban J connectivity index is 1.53. The van der Waals surface area contributed by atoms with Crippen LogP contribution in [-0.2, 0) is 14.8 Å². The fourth-order valence-corrected chi connectivity index (χ4v) is 5.24. The first kappa shape index (κ1) is 20.4. The van der Waals surface area contributed by atoms with Gasteiger partial charge in [-0.25, -0.2) is 17.2 Å². The van der Waals surface area contributed by atoms with Gasteiger partial charge in [0.15, 0.2) is 0 Å². The Kier molecular flexibility index (Phi) is 5.53. The SMILES string of the molecule is O=C(Nc1cc(F)ccc1F)[C@@H]1CCCN(S(=O)(=O)c2ccc3ccccc3c2)C1. The van der Waals surface area contributed by atoms with Crippen molar-refractivity contribution in [3.8, 4) is 0 Å². The Labute approximate surface area is 173 Å². The maximum absolute atomic E-state index is 13.8. The molecule has 1 heterocycles. The third-order valence-corrected chi connectivity index (χ3v) is 7.16. The quantitative estimate of drug-likeness (QED) is 0.676. The molecule has 1 aliphatic rings. The van der Waals surface area contributed by atoms with Gasteiger partial charge >= 0.3 is 0 Å². The predicted molar refractivity (Wildman–Crippen MR) is 110 cm³/mol. The van der Waals surface area contributed by atoms with Crippen LogP contribution in [0.25, 0.3) is 10.8 Å². The number of fused-ring (bicyclic) bond motifs is 1. The molecule has 1 amide bonds. The summed E-state index contributed by atoms with van der Waals surface area (Å²) in [6.07, 6.45) is 0.961. The van der Waals surface area contributed by atoms with E-state index in [1.807, 2.05) is 24.3 Å². The van der Waals surface area contributed by atoms with E-state index < -0.39 is 33.5 Å². The monoisotopic (exact) mass is 430 g/mol. The molecule has 3 aromatic carbocycles. The Bertz CT molecular complexity index is 1210. The molecule has 4 rings (SSSR count). The van der Waals surface area contributed by atoms with Gasteiger partial charge in [0.25, 0.3) is 0 Å². The van der Waals surface area contributed by atoms with E-state index in [9.17, 15) is 22.0 Å². The van der Waals surface area contributed by atoms with Crippen LogP contribution in [0.4, 0.5) is 14.5 Å². The summed E-state index contributed by atoms with van der Waals surface area (Å²) in [4.78, 5) is 12.8. The maximum Gasteiger partial charge on any atom is 0.243 e. The third kappa shape index (κ3) is 4.06. The van der Waals surface area contributed by atoms with Crippen LogP contribution < -0.4 is 5.32 Å². The summed E-state index contributed by atoms with van der Waals surface area (Å²) in [6.45, 7) is 0.283. The number of carbonyl (C=O) groups excluding carboxylic acids is 1. The van der Waals surface area contributed by atoms with Crippen molar-refractivity contribution in [1.29, 1.82) is 0 Å². The summed E-state index contributed by atoms with van der Waals surface area (Å²) in [5, 5.41) is 4.13. The molecule has 0 bridgehead atoms. The van der Waals surface area contributed by atoms with Gasteiger partial charge in [0, 0.05) is 19.2 Å². The fourth-order valence-electron chi connectivity index (χ4n) is 3.68. The van der Waals surface area contributed by atoms with Crippen molar-refractivity contribution in [3.63, 3.8) is 0 Å². The molecule has 30 heavy (non-hydrogen) atoms. The van der Waals surface area contributed by atoms with Crippen molar-refractivity contribution in [2.75, 3.05) is 18.4 Å². The lowest BCUT2D eigenvalue weighted by molar-refractivity contribution is -0.120. The highest BCUT2D eigenvalue weighted by atomic mass is 32.2. The molecular weight excluding hydrogens is 410 g/mol. The van der Waals surface area contributed by atoms with Gasteiger partial charge < -0.3 is 5.32 Å². The average molecular weight is 430 g/mol. The number of piperidine rings is 1. The third-order valence-electron chi connectivity index (χ3n) is 5.30. The van der Waals surface area contributed by atoms with Crippen molar-refractivity contribution >= 4 is 32.4 Å². The zero-order valence-corrected chi connectivity index (χ0v) is 16.8. The normalized spacial score (nSPS) is 17.7. The second kappa shape index (κ2) is 8.12. The van der Waals surface area contributed by atoms with E-state index in [-0.39, 0.29) is 17.1 Å². The van der Waals surface area contributed by atoms with Crippen molar-refractivity contribution in [3.05, 3.63) is 72.3 Å². The van der Waals surface area contributed by atoms with E-state index in [1.165, 1.54) is 4.31 Å². The second-order valence-electron chi connectivity index (χ2n) is 7.32. The molecule has 3 aromatic rings. The van der Waals surface area contributed by atoms with Gasteiger partial charge in [-0.15, -0.1) is 0 Å². The molecule has 156 valence electrons. The number of nitrogens with one attached hydrogen (secondary N) is 1. The van der Waals surface area contributed by atoms with Crippen LogP contribution in [0.2, 0.25) is 0 Å². The minimum Gasteiger partial charge on any atom is -0.323 e. The Morgan fingerprint density at radius 1 is 1.00 bits per heavy atom. The second-order valence-corrected chi connectivity index (χ2v) is 9.26. The molecule has 1 saturated heterocycles. The highest BCUT2D eigenvalue weighted by Gasteiger charge is 2.33. The van der Waals surface area contributed by atoms with Crippen molar-refractivity contribution in [2.24, 2.45) is 5.92 Å². The molecule has 5 nitrogen and oxygen atoms in total. The number of halogens is 2. The molecule has 1 fully saturated rings. The maximum atomic E-state index is 13.8. The molecule has 0 unspecified atom stereocenters. The van der Waals surface area contributed by atoms with Crippen LogP contribution in [0.15, 0.2) is 65.6 Å². The number of hydrogen-bond acceptors (Lipinski definition) is 3. The van der Waals surface area contributed by atoms with Crippen LogP contribution in [-0.4, -0.2) is 31.7 Å². The number of sulfonamides is 1. The number of carbonyl (C=O) groups is 1. The van der Waals surface area contributed by atoms with Crippen LogP contribution in [0.5, 0.6) is 0 Å². The lowest BCUT2D eigenvalue weighted by atomic mass is 9.98. The number of anilines is 1. The van der Waals surface area contributed by atoms with Gasteiger partial charge in [-0.3, -0.25) is 4.79 Å². The molecule has 1 aliphatic heterocycles. The van der Waals surface area contributed by atoms with Crippen molar-refractivity contribution < 1.29 is 22.0 Å². The standard InChI is InChI=1S/C22H20F2N2O3S/c23-18-8-10-20(24)21(13-18)25-22(27)17-6-3-11-26(14-17)30(28,29)19-9-7-15-4-1-2-5-16(15)12-19/h1-2,4-5,7-10,12-13,17H,3,6,11,14H2,(H,25,27)/t17-/m1/s1. The van der Waals surface area contributed by atoms with E-state index in [1.54, 1.807) is 18.2 Å². The lowest BCUT2D eigenvalue weighted by Crippen LogP contribution is -2.43. The molecule has 8 heteroatoms. The molecule has 1 N–H and O–H groups in total. The van der Waals surface area contributed by atoms with E-state index >= 15 is 0 Å². The first-order valence-electron chi connectivity index (χ1n) is 9.59. The number of rotatable bonds is 4. The topological polar surface area (TPSA) is 66.5 Å². The summed E-state index contributed by atoms with van der Waals surface area (Å²) >= 11 is 0. The molecule has 1 atom stereocenters. The lowest BCUT2D eigenvalue weighted by Gasteiger charge is -2.31. The van der Waals surface area contributed by atoms with E-state index in [0.29, 0.717) is 19.4 Å².